The first-order chi connectivity index (χ1) is 12.0. The Labute approximate surface area is 156 Å². The van der Waals surface area contributed by atoms with Crippen molar-refractivity contribution in [1.82, 2.24) is 15.5 Å². The highest BCUT2D eigenvalue weighted by Gasteiger charge is 2.23. The van der Waals surface area contributed by atoms with Crippen molar-refractivity contribution in [3.05, 3.63) is 40.7 Å². The van der Waals surface area contributed by atoms with Gasteiger partial charge >= 0.3 is 11.3 Å². The molecule has 1 heterocycles. The van der Waals surface area contributed by atoms with Crippen LogP contribution in [0.4, 0.5) is 4.79 Å². The van der Waals surface area contributed by atoms with Crippen LogP contribution >= 0.6 is 11.6 Å². The van der Waals surface area contributed by atoms with Gasteiger partial charge in [0.25, 0.3) is 0 Å². The van der Waals surface area contributed by atoms with Crippen molar-refractivity contribution in [2.75, 3.05) is 6.54 Å². The second kappa shape index (κ2) is 8.05. The van der Waals surface area contributed by atoms with Gasteiger partial charge in [0.15, 0.2) is 0 Å². The molecule has 0 aliphatic heterocycles. The third kappa shape index (κ3) is 6.30. The number of benzene rings is 1. The van der Waals surface area contributed by atoms with Gasteiger partial charge in [0.2, 0.25) is 15.7 Å². The molecule has 0 saturated carbocycles. The molecule has 0 bridgehead atoms. The summed E-state index contributed by atoms with van der Waals surface area (Å²) in [5.41, 5.74) is -0.0836. The summed E-state index contributed by atoms with van der Waals surface area (Å²) < 4.78 is 35.0. The van der Waals surface area contributed by atoms with Crippen LogP contribution in [0.2, 0.25) is 5.02 Å². The monoisotopic (exact) mass is 401 g/mol. The lowest BCUT2D eigenvalue weighted by Crippen LogP contribution is -2.33. The number of hydrogen-bond donors (Lipinski definition) is 1. The molecular formula is C16H20ClN3O5S. The van der Waals surface area contributed by atoms with Crippen LogP contribution < -0.4 is 5.32 Å². The number of carbonyl (C=O) groups is 1. The first-order valence-corrected chi connectivity index (χ1v) is 9.85. The van der Waals surface area contributed by atoms with Crippen LogP contribution in [0.25, 0.3) is 0 Å². The van der Waals surface area contributed by atoms with Gasteiger partial charge in [-0.2, -0.15) is 0 Å². The quantitative estimate of drug-likeness (QED) is 0.791. The van der Waals surface area contributed by atoms with Crippen molar-refractivity contribution >= 4 is 27.5 Å². The van der Waals surface area contributed by atoms with Gasteiger partial charge in [-0.25, -0.2) is 13.2 Å². The third-order valence-electron chi connectivity index (χ3n) is 2.97. The van der Waals surface area contributed by atoms with E-state index in [-0.39, 0.29) is 24.6 Å². The largest absolute Gasteiger partial charge is 0.444 e. The summed E-state index contributed by atoms with van der Waals surface area (Å²) in [6.07, 6.45) is -0.398. The number of ether oxygens (including phenoxy) is 1. The minimum Gasteiger partial charge on any atom is -0.444 e. The first kappa shape index (κ1) is 20.2. The lowest BCUT2D eigenvalue weighted by atomic mass is 10.2. The average molecular weight is 402 g/mol. The Balaban J connectivity index is 1.93. The van der Waals surface area contributed by atoms with E-state index in [0.29, 0.717) is 10.6 Å². The van der Waals surface area contributed by atoms with Crippen LogP contribution in [0.1, 0.15) is 32.2 Å². The van der Waals surface area contributed by atoms with Crippen molar-refractivity contribution in [3.63, 3.8) is 0 Å². The van der Waals surface area contributed by atoms with Gasteiger partial charge in [-0.1, -0.05) is 28.8 Å². The highest BCUT2D eigenvalue weighted by molar-refractivity contribution is 7.90. The zero-order valence-electron chi connectivity index (χ0n) is 14.7. The van der Waals surface area contributed by atoms with E-state index in [2.05, 4.69) is 15.5 Å². The number of nitrogens with one attached hydrogen (secondary N) is 1. The molecule has 10 heteroatoms. The summed E-state index contributed by atoms with van der Waals surface area (Å²) in [4.78, 5) is 11.5. The molecule has 2 aromatic rings. The standard InChI is InChI=1S/C16H20ClN3O5S/c1-16(2,3)25-14(21)18-8-7-13-19-20-15(24-13)26(22,23)10-11-5-4-6-12(17)9-11/h4-6,9H,7-8,10H2,1-3H3,(H,18,21). The summed E-state index contributed by atoms with van der Waals surface area (Å²) in [5.74, 6) is -0.198. The van der Waals surface area contributed by atoms with Crippen molar-refractivity contribution < 1.29 is 22.4 Å². The van der Waals surface area contributed by atoms with Gasteiger partial charge in [-0.05, 0) is 38.5 Å². The molecule has 0 unspecified atom stereocenters. The number of carbonyl (C=O) groups excluding carboxylic acids is 1. The molecule has 0 spiro atoms. The topological polar surface area (TPSA) is 111 Å². The predicted octanol–water partition coefficient (Wildman–Crippen LogP) is 2.76. The molecule has 0 saturated heterocycles. The minimum atomic E-state index is -3.79. The number of hydrogen-bond acceptors (Lipinski definition) is 7. The van der Waals surface area contributed by atoms with Crippen molar-refractivity contribution in [2.45, 2.75) is 43.8 Å². The fourth-order valence-electron chi connectivity index (χ4n) is 1.96. The molecule has 142 valence electrons. The number of rotatable bonds is 6. The second-order valence-corrected chi connectivity index (χ2v) is 8.83. The Kier molecular flexibility index (Phi) is 6.25. The van der Waals surface area contributed by atoms with Gasteiger partial charge in [0.05, 0.1) is 5.75 Å². The van der Waals surface area contributed by atoms with E-state index in [4.69, 9.17) is 20.8 Å². The van der Waals surface area contributed by atoms with Crippen LogP contribution in [0.15, 0.2) is 33.9 Å². The number of halogens is 1. The van der Waals surface area contributed by atoms with E-state index >= 15 is 0 Å². The van der Waals surface area contributed by atoms with Gasteiger partial charge < -0.3 is 14.5 Å². The maximum absolute atomic E-state index is 12.3. The zero-order valence-corrected chi connectivity index (χ0v) is 16.2. The van der Waals surface area contributed by atoms with Crippen LogP contribution in [-0.2, 0) is 26.7 Å². The molecule has 0 atom stereocenters. The Morgan fingerprint density at radius 2 is 2.04 bits per heavy atom. The highest BCUT2D eigenvalue weighted by atomic mass is 35.5. The molecule has 26 heavy (non-hydrogen) atoms. The fourth-order valence-corrected chi connectivity index (χ4v) is 3.30. The Hall–Kier alpha value is -2.13. The zero-order chi connectivity index (χ0) is 19.4. The number of aromatic nitrogens is 2. The van der Waals surface area contributed by atoms with E-state index in [1.165, 1.54) is 0 Å². The smallest absolute Gasteiger partial charge is 0.407 e. The summed E-state index contributed by atoms with van der Waals surface area (Å²) in [6.45, 7) is 5.43. The lowest BCUT2D eigenvalue weighted by Gasteiger charge is -2.19. The van der Waals surface area contributed by atoms with Crippen LogP contribution in [0.5, 0.6) is 0 Å². The minimum absolute atomic E-state index is 0.103. The number of amides is 1. The summed E-state index contributed by atoms with van der Waals surface area (Å²) in [7, 11) is -3.79. The molecule has 2 rings (SSSR count). The van der Waals surface area contributed by atoms with Crippen LogP contribution in [0, 0.1) is 0 Å². The lowest BCUT2D eigenvalue weighted by molar-refractivity contribution is 0.0527. The van der Waals surface area contributed by atoms with Crippen molar-refractivity contribution in [3.8, 4) is 0 Å². The Morgan fingerprint density at radius 1 is 1.31 bits per heavy atom. The highest BCUT2D eigenvalue weighted by Crippen LogP contribution is 2.18. The molecule has 1 N–H and O–H groups in total. The molecule has 0 fully saturated rings. The molecule has 1 amide bonds. The summed E-state index contributed by atoms with van der Waals surface area (Å²) >= 11 is 5.86. The normalized spacial score (nSPS) is 12.0. The molecule has 0 radical (unpaired) electrons. The summed E-state index contributed by atoms with van der Waals surface area (Å²) in [6, 6.07) is 6.52. The van der Waals surface area contributed by atoms with Crippen LogP contribution in [0.3, 0.4) is 0 Å². The van der Waals surface area contributed by atoms with Gasteiger partial charge in [-0.3, -0.25) is 0 Å². The molecule has 0 aliphatic rings. The number of nitrogens with zero attached hydrogens (tertiary/aromatic N) is 2. The second-order valence-electron chi connectivity index (χ2n) is 6.53. The molecule has 1 aromatic carbocycles. The van der Waals surface area contributed by atoms with Gasteiger partial charge in [0.1, 0.15) is 5.60 Å². The van der Waals surface area contributed by atoms with Crippen molar-refractivity contribution in [2.24, 2.45) is 0 Å². The van der Waals surface area contributed by atoms with Crippen LogP contribution in [-0.4, -0.2) is 36.9 Å². The molecule has 8 nitrogen and oxygen atoms in total. The van der Waals surface area contributed by atoms with Crippen molar-refractivity contribution in [1.29, 1.82) is 0 Å². The first-order valence-electron chi connectivity index (χ1n) is 7.81. The van der Waals surface area contributed by atoms with E-state index < -0.39 is 26.8 Å². The molecular weight excluding hydrogens is 382 g/mol. The van der Waals surface area contributed by atoms with E-state index in [1.54, 1.807) is 45.0 Å². The Bertz CT molecular complexity index is 874. The summed E-state index contributed by atoms with van der Waals surface area (Å²) in [5, 5.41) is 9.78. The fraction of sp³-hybridized carbons (Fsp3) is 0.438. The molecule has 0 aliphatic carbocycles. The van der Waals surface area contributed by atoms with Gasteiger partial charge in [0, 0.05) is 18.0 Å². The Morgan fingerprint density at radius 3 is 2.69 bits per heavy atom. The van der Waals surface area contributed by atoms with E-state index in [1.807, 2.05) is 0 Å². The molecule has 1 aromatic heterocycles. The third-order valence-corrected chi connectivity index (χ3v) is 4.61. The average Bonchev–Trinajstić information content (AvgIpc) is 2.94. The van der Waals surface area contributed by atoms with E-state index in [9.17, 15) is 13.2 Å². The van der Waals surface area contributed by atoms with E-state index in [0.717, 1.165) is 0 Å². The predicted molar refractivity (Wildman–Crippen MR) is 94.6 cm³/mol. The van der Waals surface area contributed by atoms with Gasteiger partial charge in [-0.15, -0.1) is 5.10 Å². The SMILES string of the molecule is CC(C)(C)OC(=O)NCCc1nnc(S(=O)(=O)Cc2cccc(Cl)c2)o1. The maximum atomic E-state index is 12.3. The number of alkyl carbamates (subject to hydrolysis) is 1. The number of sulfone groups is 1. The maximum Gasteiger partial charge on any atom is 0.407 e.